The lowest BCUT2D eigenvalue weighted by molar-refractivity contribution is 0.0637. The van der Waals surface area contributed by atoms with Crippen molar-refractivity contribution >= 4 is 16.0 Å². The highest BCUT2D eigenvalue weighted by Gasteiger charge is 2.41. The van der Waals surface area contributed by atoms with Crippen LogP contribution < -0.4 is 0 Å². The van der Waals surface area contributed by atoms with Gasteiger partial charge in [-0.1, -0.05) is 0 Å². The van der Waals surface area contributed by atoms with E-state index in [1.165, 1.54) is 14.2 Å². The Morgan fingerprint density at radius 2 is 2.20 bits per heavy atom. The molecule has 0 saturated carbocycles. The van der Waals surface area contributed by atoms with Gasteiger partial charge < -0.3 is 9.84 Å². The number of nitrogens with zero attached hydrogens (tertiary/aromatic N) is 3. The van der Waals surface area contributed by atoms with Crippen molar-refractivity contribution in [1.29, 1.82) is 0 Å². The second-order valence-electron chi connectivity index (χ2n) is 4.41. The molecule has 1 aromatic heterocycles. The standard InChI is InChI=1S/C10H14FN3O5S/c1-13-7(10(15)16)3-9(12-13)20(17,18)14-4-6(11)8(5-14)19-2/h3,6,8H,4-5H2,1-2H3,(H,15,16)/t6-,8-/m0/s1. The van der Waals surface area contributed by atoms with Crippen molar-refractivity contribution in [2.75, 3.05) is 20.2 Å². The van der Waals surface area contributed by atoms with Gasteiger partial charge in [-0.05, 0) is 0 Å². The number of alkyl halides is 1. The molecule has 0 amide bonds. The Kier molecular flexibility index (Phi) is 3.80. The lowest BCUT2D eigenvalue weighted by atomic mass is 10.3. The van der Waals surface area contributed by atoms with Crippen LogP contribution in [0.1, 0.15) is 10.5 Å². The number of carboxylic acids is 1. The first-order chi connectivity index (χ1) is 9.27. The van der Waals surface area contributed by atoms with Crippen LogP contribution in [0.2, 0.25) is 0 Å². The normalized spacial score (nSPS) is 24.1. The summed E-state index contributed by atoms with van der Waals surface area (Å²) in [5, 5.41) is 12.1. The predicted octanol–water partition coefficient (Wildman–Crippen LogP) is -0.524. The van der Waals surface area contributed by atoms with Crippen molar-refractivity contribution in [2.45, 2.75) is 17.3 Å². The largest absolute Gasteiger partial charge is 0.477 e. The summed E-state index contributed by atoms with van der Waals surface area (Å²) in [6.45, 7) is -0.460. The maximum Gasteiger partial charge on any atom is 0.354 e. The molecule has 2 atom stereocenters. The van der Waals surface area contributed by atoms with E-state index in [2.05, 4.69) is 5.10 Å². The fourth-order valence-corrected chi connectivity index (χ4v) is 3.45. The van der Waals surface area contributed by atoms with Gasteiger partial charge in [0.25, 0.3) is 10.0 Å². The predicted molar refractivity (Wildman–Crippen MR) is 64.6 cm³/mol. The number of hydrogen-bond acceptors (Lipinski definition) is 5. The van der Waals surface area contributed by atoms with Crippen LogP contribution in [0.15, 0.2) is 11.1 Å². The van der Waals surface area contributed by atoms with Gasteiger partial charge in [0.05, 0.1) is 0 Å². The number of hydrogen-bond donors (Lipinski definition) is 1. The number of halogens is 1. The van der Waals surface area contributed by atoms with Crippen LogP contribution in [0.4, 0.5) is 4.39 Å². The van der Waals surface area contributed by atoms with E-state index in [0.29, 0.717) is 0 Å². The third-order valence-electron chi connectivity index (χ3n) is 3.15. The van der Waals surface area contributed by atoms with E-state index in [1.807, 2.05) is 0 Å². The number of methoxy groups -OCH3 is 1. The number of sulfonamides is 1. The highest BCUT2D eigenvalue weighted by molar-refractivity contribution is 7.89. The van der Waals surface area contributed by atoms with Gasteiger partial charge in [0.15, 0.2) is 5.03 Å². The number of ether oxygens (including phenoxy) is 1. The van der Waals surface area contributed by atoms with Crippen LogP contribution in [0, 0.1) is 0 Å². The molecule has 1 aliphatic rings. The molecule has 112 valence electrons. The molecule has 0 spiro atoms. The van der Waals surface area contributed by atoms with Gasteiger partial charge in [-0.25, -0.2) is 17.6 Å². The van der Waals surface area contributed by atoms with Crippen LogP contribution in [-0.4, -0.2) is 66.1 Å². The lowest BCUT2D eigenvalue weighted by Gasteiger charge is -2.13. The van der Waals surface area contributed by atoms with Crippen molar-refractivity contribution < 1.29 is 27.4 Å². The summed E-state index contributed by atoms with van der Waals surface area (Å²) in [5.74, 6) is -1.29. The van der Waals surface area contributed by atoms with Gasteiger partial charge in [-0.3, -0.25) is 4.68 Å². The lowest BCUT2D eigenvalue weighted by Crippen LogP contribution is -2.30. The molecule has 8 nitrogen and oxygen atoms in total. The second-order valence-corrected chi connectivity index (χ2v) is 6.29. The molecule has 2 heterocycles. The van der Waals surface area contributed by atoms with Gasteiger partial charge in [0, 0.05) is 33.3 Å². The summed E-state index contributed by atoms with van der Waals surface area (Å²) in [4.78, 5) is 10.9. The number of aryl methyl sites for hydroxylation is 1. The van der Waals surface area contributed by atoms with Gasteiger partial charge in [-0.2, -0.15) is 9.40 Å². The molecule has 20 heavy (non-hydrogen) atoms. The van der Waals surface area contributed by atoms with Gasteiger partial charge in [0.1, 0.15) is 18.0 Å². The molecule has 0 aliphatic carbocycles. The van der Waals surface area contributed by atoms with E-state index in [-0.39, 0.29) is 18.8 Å². The smallest absolute Gasteiger partial charge is 0.354 e. The number of carbonyl (C=O) groups is 1. The summed E-state index contributed by atoms with van der Waals surface area (Å²) < 4.78 is 44.8. The first kappa shape index (κ1) is 14.9. The van der Waals surface area contributed by atoms with Crippen LogP contribution in [0.5, 0.6) is 0 Å². The number of aromatic nitrogens is 2. The zero-order valence-corrected chi connectivity index (χ0v) is 11.7. The highest BCUT2D eigenvalue weighted by Crippen LogP contribution is 2.24. The molecule has 1 aromatic rings. The van der Waals surface area contributed by atoms with Crippen molar-refractivity contribution in [3.05, 3.63) is 11.8 Å². The Morgan fingerprint density at radius 1 is 1.55 bits per heavy atom. The molecule has 0 aromatic carbocycles. The van der Waals surface area contributed by atoms with Crippen LogP contribution in [-0.2, 0) is 21.8 Å². The average Bonchev–Trinajstić information content (AvgIpc) is 2.93. The summed E-state index contributed by atoms with van der Waals surface area (Å²) in [6.07, 6.45) is -2.25. The summed E-state index contributed by atoms with van der Waals surface area (Å²) >= 11 is 0. The molecule has 1 N–H and O–H groups in total. The van der Waals surface area contributed by atoms with Crippen LogP contribution in [0.3, 0.4) is 0 Å². The Bertz CT molecular complexity index is 629. The third kappa shape index (κ3) is 2.41. The highest BCUT2D eigenvalue weighted by atomic mass is 32.2. The second kappa shape index (κ2) is 5.11. The molecule has 2 rings (SSSR count). The van der Waals surface area contributed by atoms with E-state index in [0.717, 1.165) is 15.1 Å². The van der Waals surface area contributed by atoms with Gasteiger partial charge in [0.2, 0.25) is 0 Å². The quantitative estimate of drug-likeness (QED) is 0.803. The molecule has 10 heteroatoms. The zero-order chi connectivity index (χ0) is 15.1. The SMILES string of the molecule is CO[C@H]1CN(S(=O)(=O)c2cc(C(=O)O)n(C)n2)C[C@@H]1F. The molecule has 1 aliphatic heterocycles. The van der Waals surface area contributed by atoms with Crippen molar-refractivity contribution in [3.8, 4) is 0 Å². The van der Waals surface area contributed by atoms with Gasteiger partial charge >= 0.3 is 5.97 Å². The summed E-state index contributed by atoms with van der Waals surface area (Å²) in [6, 6.07) is 0.949. The van der Waals surface area contributed by atoms with Crippen molar-refractivity contribution in [1.82, 2.24) is 14.1 Å². The van der Waals surface area contributed by atoms with E-state index in [1.54, 1.807) is 0 Å². The van der Waals surface area contributed by atoms with E-state index >= 15 is 0 Å². The number of rotatable bonds is 4. The number of aromatic carboxylic acids is 1. The molecule has 0 unspecified atom stereocenters. The monoisotopic (exact) mass is 307 g/mol. The Hall–Kier alpha value is -1.52. The molecular weight excluding hydrogens is 293 g/mol. The number of carboxylic acid groups (broad SMARTS) is 1. The molecule has 1 fully saturated rings. The Balaban J connectivity index is 2.32. The molecule has 0 radical (unpaired) electrons. The van der Waals surface area contributed by atoms with Crippen LogP contribution in [0.25, 0.3) is 0 Å². The minimum absolute atomic E-state index is 0.126. The topological polar surface area (TPSA) is 102 Å². The van der Waals surface area contributed by atoms with E-state index in [9.17, 15) is 17.6 Å². The fourth-order valence-electron chi connectivity index (χ4n) is 2.02. The average molecular weight is 307 g/mol. The van der Waals surface area contributed by atoms with E-state index < -0.39 is 33.3 Å². The minimum atomic E-state index is -4.03. The van der Waals surface area contributed by atoms with Gasteiger partial charge in [-0.15, -0.1) is 0 Å². The zero-order valence-electron chi connectivity index (χ0n) is 10.9. The van der Waals surface area contributed by atoms with E-state index in [4.69, 9.17) is 9.84 Å². The summed E-state index contributed by atoms with van der Waals surface area (Å²) in [5.41, 5.74) is -0.261. The molecule has 1 saturated heterocycles. The minimum Gasteiger partial charge on any atom is -0.477 e. The van der Waals surface area contributed by atoms with Crippen LogP contribution >= 0.6 is 0 Å². The summed E-state index contributed by atoms with van der Waals surface area (Å²) in [7, 11) is -1.41. The Labute approximate surface area is 114 Å². The maximum absolute atomic E-state index is 13.5. The van der Waals surface area contributed by atoms with Crippen molar-refractivity contribution in [2.24, 2.45) is 7.05 Å². The first-order valence-electron chi connectivity index (χ1n) is 5.71. The fraction of sp³-hybridized carbons (Fsp3) is 0.600. The van der Waals surface area contributed by atoms with Crippen molar-refractivity contribution in [3.63, 3.8) is 0 Å². The Morgan fingerprint density at radius 3 is 2.65 bits per heavy atom. The molecule has 0 bridgehead atoms. The third-order valence-corrected chi connectivity index (χ3v) is 4.85. The maximum atomic E-state index is 13.5. The first-order valence-corrected chi connectivity index (χ1v) is 7.15. The molecular formula is C10H14FN3O5S.